The first-order valence-corrected chi connectivity index (χ1v) is 8.38. The zero-order chi connectivity index (χ0) is 19.7. The molecule has 0 fully saturated rings. The summed E-state index contributed by atoms with van der Waals surface area (Å²) >= 11 is 0. The lowest BCUT2D eigenvalue weighted by Crippen LogP contribution is -2.11. The molecule has 0 unspecified atom stereocenters. The van der Waals surface area contributed by atoms with Gasteiger partial charge in [-0.25, -0.2) is 0 Å². The Kier molecular flexibility index (Phi) is 4.28. The zero-order valence-corrected chi connectivity index (χ0v) is 15.1. The van der Waals surface area contributed by atoms with E-state index in [-0.39, 0.29) is 5.69 Å². The number of nitro groups is 1. The number of anilines is 2. The van der Waals surface area contributed by atoms with Crippen molar-refractivity contribution in [2.45, 2.75) is 0 Å². The van der Waals surface area contributed by atoms with Crippen LogP contribution >= 0.6 is 0 Å². The highest BCUT2D eigenvalue weighted by Gasteiger charge is 2.15. The van der Waals surface area contributed by atoms with Gasteiger partial charge in [0.1, 0.15) is 12.0 Å². The van der Waals surface area contributed by atoms with Crippen LogP contribution in [0.2, 0.25) is 0 Å². The highest BCUT2D eigenvalue weighted by atomic mass is 16.6. The lowest BCUT2D eigenvalue weighted by molar-refractivity contribution is -0.384. The number of hydrogen-bond donors (Lipinski definition) is 1. The second-order valence-corrected chi connectivity index (χ2v) is 6.26. The Morgan fingerprint density at radius 1 is 1.21 bits per heavy atom. The average Bonchev–Trinajstić information content (AvgIpc) is 3.16. The molecule has 2 aromatic heterocycles. The SMILES string of the molecule is CN(C)c1ccc(/C=N\Nc2nn3cnnc3c3ccccc23)cc1[N+](=O)[O-]. The van der Waals surface area contributed by atoms with Crippen LogP contribution in [0.25, 0.3) is 16.4 Å². The number of fused-ring (bicyclic) bond motifs is 3. The Labute approximate surface area is 159 Å². The number of rotatable bonds is 5. The molecule has 0 aliphatic carbocycles. The van der Waals surface area contributed by atoms with Crippen molar-refractivity contribution in [2.24, 2.45) is 5.10 Å². The van der Waals surface area contributed by atoms with Crippen LogP contribution in [-0.4, -0.2) is 45.0 Å². The van der Waals surface area contributed by atoms with Gasteiger partial charge < -0.3 is 4.90 Å². The molecule has 0 saturated heterocycles. The van der Waals surface area contributed by atoms with Crippen molar-refractivity contribution < 1.29 is 4.92 Å². The third-order valence-electron chi connectivity index (χ3n) is 4.22. The summed E-state index contributed by atoms with van der Waals surface area (Å²) in [5.74, 6) is 0.526. The van der Waals surface area contributed by atoms with Gasteiger partial charge in [-0.1, -0.05) is 30.3 Å². The van der Waals surface area contributed by atoms with E-state index in [1.165, 1.54) is 18.6 Å². The van der Waals surface area contributed by atoms with Crippen molar-refractivity contribution in [1.29, 1.82) is 0 Å². The van der Waals surface area contributed by atoms with E-state index in [1.54, 1.807) is 35.6 Å². The van der Waals surface area contributed by atoms with Crippen LogP contribution in [0.1, 0.15) is 5.56 Å². The molecule has 2 heterocycles. The minimum atomic E-state index is -0.408. The fourth-order valence-electron chi connectivity index (χ4n) is 2.92. The van der Waals surface area contributed by atoms with Crippen molar-refractivity contribution >= 4 is 39.8 Å². The molecule has 140 valence electrons. The number of nitro benzene ring substituents is 1. The van der Waals surface area contributed by atoms with Crippen LogP contribution in [0, 0.1) is 10.1 Å². The molecular formula is C18H16N8O2. The molecule has 0 spiro atoms. The molecule has 0 radical (unpaired) electrons. The fraction of sp³-hybridized carbons (Fsp3) is 0.111. The van der Waals surface area contributed by atoms with Crippen molar-refractivity contribution in [3.05, 3.63) is 64.5 Å². The van der Waals surface area contributed by atoms with Crippen molar-refractivity contribution in [1.82, 2.24) is 19.8 Å². The topological polar surface area (TPSA) is 114 Å². The number of nitrogens with one attached hydrogen (secondary N) is 1. The molecule has 10 nitrogen and oxygen atoms in total. The summed E-state index contributed by atoms with van der Waals surface area (Å²) in [6, 6.07) is 12.6. The largest absolute Gasteiger partial charge is 0.372 e. The average molecular weight is 376 g/mol. The number of benzene rings is 2. The van der Waals surface area contributed by atoms with Crippen molar-refractivity contribution in [2.75, 3.05) is 24.4 Å². The monoisotopic (exact) mass is 376 g/mol. The highest BCUT2D eigenvalue weighted by molar-refractivity contribution is 6.00. The number of aromatic nitrogens is 4. The third-order valence-corrected chi connectivity index (χ3v) is 4.22. The van der Waals surface area contributed by atoms with Gasteiger partial charge in [0.05, 0.1) is 11.1 Å². The maximum atomic E-state index is 11.3. The molecule has 4 rings (SSSR count). The molecule has 4 aromatic rings. The van der Waals surface area contributed by atoms with E-state index in [4.69, 9.17) is 0 Å². The van der Waals surface area contributed by atoms with Gasteiger partial charge in [-0.2, -0.15) is 9.62 Å². The van der Waals surface area contributed by atoms with E-state index in [0.717, 1.165) is 10.8 Å². The molecule has 1 N–H and O–H groups in total. The second kappa shape index (κ2) is 6.91. The minimum Gasteiger partial charge on any atom is -0.372 e. The lowest BCUT2D eigenvalue weighted by Gasteiger charge is -2.12. The quantitative estimate of drug-likeness (QED) is 0.323. The van der Waals surface area contributed by atoms with Crippen LogP contribution in [0.4, 0.5) is 17.2 Å². The van der Waals surface area contributed by atoms with Gasteiger partial charge in [0.15, 0.2) is 11.5 Å². The smallest absolute Gasteiger partial charge is 0.293 e. The van der Waals surface area contributed by atoms with E-state index in [1.807, 2.05) is 24.3 Å². The molecule has 28 heavy (non-hydrogen) atoms. The van der Waals surface area contributed by atoms with Crippen LogP contribution in [0.15, 0.2) is 53.9 Å². The van der Waals surface area contributed by atoms with Crippen LogP contribution in [0.5, 0.6) is 0 Å². The summed E-state index contributed by atoms with van der Waals surface area (Å²) in [5, 5.41) is 29.6. The third kappa shape index (κ3) is 3.07. The van der Waals surface area contributed by atoms with Gasteiger partial charge in [-0.15, -0.1) is 15.3 Å². The Hall–Kier alpha value is -4.08. The lowest BCUT2D eigenvalue weighted by atomic mass is 10.2. The number of hydrogen-bond acceptors (Lipinski definition) is 8. The summed E-state index contributed by atoms with van der Waals surface area (Å²) in [7, 11) is 3.52. The van der Waals surface area contributed by atoms with E-state index in [9.17, 15) is 10.1 Å². The summed E-state index contributed by atoms with van der Waals surface area (Å²) in [5.41, 5.74) is 4.70. The Morgan fingerprint density at radius 3 is 2.75 bits per heavy atom. The van der Waals surface area contributed by atoms with Gasteiger partial charge in [-0.05, 0) is 6.07 Å². The zero-order valence-electron chi connectivity index (χ0n) is 15.1. The summed E-state index contributed by atoms with van der Waals surface area (Å²) in [4.78, 5) is 12.6. The Bertz CT molecular complexity index is 1210. The minimum absolute atomic E-state index is 0.0171. The van der Waals surface area contributed by atoms with Crippen molar-refractivity contribution in [3.8, 4) is 0 Å². The van der Waals surface area contributed by atoms with E-state index >= 15 is 0 Å². The molecule has 0 aliphatic rings. The Morgan fingerprint density at radius 2 is 2.00 bits per heavy atom. The number of hydrazone groups is 1. The molecule has 0 saturated carbocycles. The van der Waals surface area contributed by atoms with Gasteiger partial charge in [-0.3, -0.25) is 15.5 Å². The van der Waals surface area contributed by atoms with Crippen molar-refractivity contribution in [3.63, 3.8) is 0 Å². The van der Waals surface area contributed by atoms with Gasteiger partial charge in [0.25, 0.3) is 5.69 Å². The summed E-state index contributed by atoms with van der Waals surface area (Å²) in [6.45, 7) is 0. The fourth-order valence-corrected chi connectivity index (χ4v) is 2.92. The van der Waals surface area contributed by atoms with Gasteiger partial charge in [0.2, 0.25) is 0 Å². The highest BCUT2D eigenvalue weighted by Crippen LogP contribution is 2.27. The molecule has 0 bridgehead atoms. The van der Waals surface area contributed by atoms with E-state index in [0.29, 0.717) is 22.7 Å². The van der Waals surface area contributed by atoms with E-state index < -0.39 is 4.92 Å². The number of nitrogens with zero attached hydrogens (tertiary/aromatic N) is 7. The van der Waals surface area contributed by atoms with Crippen LogP contribution in [-0.2, 0) is 0 Å². The molecule has 10 heteroatoms. The molecule has 2 aromatic carbocycles. The first-order valence-electron chi connectivity index (χ1n) is 8.38. The first-order chi connectivity index (χ1) is 13.5. The molecule has 0 amide bonds. The molecule has 0 aliphatic heterocycles. The summed E-state index contributed by atoms with van der Waals surface area (Å²) in [6.07, 6.45) is 3.03. The normalized spacial score (nSPS) is 11.4. The predicted molar refractivity (Wildman–Crippen MR) is 107 cm³/mol. The Balaban J connectivity index is 1.67. The maximum absolute atomic E-state index is 11.3. The first kappa shape index (κ1) is 17.3. The molecule has 0 atom stereocenters. The standard InChI is InChI=1S/C18H16N8O2/c1-24(2)15-8-7-12(9-16(15)26(27)28)10-19-21-17-13-5-3-4-6-14(13)18-22-20-11-25(18)23-17/h3-11H,1-2H3,(H,21,23)/b19-10-. The van der Waals surface area contributed by atoms with Crippen LogP contribution in [0.3, 0.4) is 0 Å². The summed E-state index contributed by atoms with van der Waals surface area (Å²) < 4.78 is 1.57. The van der Waals surface area contributed by atoms with Crippen LogP contribution < -0.4 is 10.3 Å². The van der Waals surface area contributed by atoms with Gasteiger partial charge in [0, 0.05) is 36.5 Å². The molecular weight excluding hydrogens is 360 g/mol. The van der Waals surface area contributed by atoms with Gasteiger partial charge >= 0.3 is 0 Å². The maximum Gasteiger partial charge on any atom is 0.293 e. The second-order valence-electron chi connectivity index (χ2n) is 6.26. The predicted octanol–water partition coefficient (Wildman–Crippen LogP) is 2.70. The van der Waals surface area contributed by atoms with E-state index in [2.05, 4.69) is 25.8 Å².